The maximum atomic E-state index is 12.9. The van der Waals surface area contributed by atoms with Gasteiger partial charge in [0.15, 0.2) is 5.78 Å². The van der Waals surface area contributed by atoms with Crippen molar-refractivity contribution < 1.29 is 13.9 Å². The van der Waals surface area contributed by atoms with Crippen LogP contribution in [0.2, 0.25) is 0 Å². The van der Waals surface area contributed by atoms with Crippen molar-refractivity contribution in [2.24, 2.45) is 0 Å². The highest BCUT2D eigenvalue weighted by Gasteiger charge is 2.11. The minimum atomic E-state index is -0.582. The molecule has 1 rings (SSSR count). The Morgan fingerprint density at radius 2 is 2.07 bits per heavy atom. The molecule has 0 fully saturated rings. The Kier molecular flexibility index (Phi) is 4.37. The highest BCUT2D eigenvalue weighted by Crippen LogP contribution is 2.24. The molecular weight excluding hydrogens is 209 g/mol. The van der Waals surface area contributed by atoms with Crippen molar-refractivity contribution in [3.8, 4) is 5.75 Å². The van der Waals surface area contributed by atoms with Gasteiger partial charge < -0.3 is 10.5 Å². The molecule has 0 radical (unpaired) electrons. The molecule has 0 aliphatic carbocycles. The fraction of sp³-hybridized carbons (Fsp3) is 0.222. The number of hydrogen-bond donors (Lipinski definition) is 1. The van der Waals surface area contributed by atoms with Gasteiger partial charge in [-0.2, -0.15) is 0 Å². The smallest absolute Gasteiger partial charge is 0.163 e. The lowest BCUT2D eigenvalue weighted by Gasteiger charge is -2.06. The number of ketones is 1. The van der Waals surface area contributed by atoms with Gasteiger partial charge in [-0.25, -0.2) is 4.39 Å². The average molecular weight is 220 g/mol. The third-order valence-corrected chi connectivity index (χ3v) is 1.70. The van der Waals surface area contributed by atoms with Crippen LogP contribution < -0.4 is 10.5 Å². The van der Waals surface area contributed by atoms with Crippen molar-refractivity contribution >= 4 is 23.9 Å². The number of halogens is 2. The molecule has 0 aliphatic rings. The van der Waals surface area contributed by atoms with Gasteiger partial charge in [0, 0.05) is 6.07 Å². The van der Waals surface area contributed by atoms with Crippen LogP contribution in [-0.4, -0.2) is 12.9 Å². The standard InChI is InChI=1S/C9H10FNO2.ClH/c1-5(12)6-3-8(11)7(10)4-9(6)13-2;/h3-4H,11H2,1-2H3;1H. The summed E-state index contributed by atoms with van der Waals surface area (Å²) in [5, 5.41) is 0. The Balaban J connectivity index is 0.00000169. The minimum Gasteiger partial charge on any atom is -0.496 e. The second-order valence-electron chi connectivity index (χ2n) is 2.63. The summed E-state index contributed by atoms with van der Waals surface area (Å²) < 4.78 is 17.7. The van der Waals surface area contributed by atoms with Crippen LogP contribution in [0, 0.1) is 5.82 Å². The summed E-state index contributed by atoms with van der Waals surface area (Å²) >= 11 is 0. The number of nitrogens with two attached hydrogens (primary N) is 1. The van der Waals surface area contributed by atoms with E-state index in [0.29, 0.717) is 5.56 Å². The van der Waals surface area contributed by atoms with E-state index in [2.05, 4.69) is 0 Å². The second kappa shape index (κ2) is 4.81. The van der Waals surface area contributed by atoms with Gasteiger partial charge >= 0.3 is 0 Å². The molecule has 0 aromatic heterocycles. The van der Waals surface area contributed by atoms with E-state index in [0.717, 1.165) is 6.07 Å². The van der Waals surface area contributed by atoms with Gasteiger partial charge in [-0.3, -0.25) is 4.79 Å². The number of carbonyl (C=O) groups is 1. The first-order valence-corrected chi connectivity index (χ1v) is 3.70. The number of ether oxygens (including phenoxy) is 1. The molecule has 0 heterocycles. The van der Waals surface area contributed by atoms with Gasteiger partial charge in [0.25, 0.3) is 0 Å². The first-order valence-electron chi connectivity index (χ1n) is 3.70. The van der Waals surface area contributed by atoms with Crippen molar-refractivity contribution in [2.75, 3.05) is 12.8 Å². The number of Topliss-reactive ketones (excluding diaryl/α,β-unsaturated/α-hetero) is 1. The van der Waals surface area contributed by atoms with Gasteiger partial charge in [0.2, 0.25) is 0 Å². The quantitative estimate of drug-likeness (QED) is 0.612. The van der Waals surface area contributed by atoms with Gasteiger partial charge in [-0.1, -0.05) is 0 Å². The molecule has 78 valence electrons. The molecule has 0 atom stereocenters. The van der Waals surface area contributed by atoms with Gasteiger partial charge in [-0.05, 0) is 13.0 Å². The van der Waals surface area contributed by atoms with Crippen molar-refractivity contribution in [1.29, 1.82) is 0 Å². The monoisotopic (exact) mass is 219 g/mol. The molecular formula is C9H11ClFNO2. The Labute approximate surface area is 87.5 Å². The highest BCUT2D eigenvalue weighted by atomic mass is 35.5. The lowest BCUT2D eigenvalue weighted by atomic mass is 10.1. The molecule has 14 heavy (non-hydrogen) atoms. The van der Waals surface area contributed by atoms with E-state index in [1.165, 1.54) is 20.1 Å². The van der Waals surface area contributed by atoms with Gasteiger partial charge in [-0.15, -0.1) is 12.4 Å². The van der Waals surface area contributed by atoms with E-state index in [9.17, 15) is 9.18 Å². The molecule has 1 aromatic carbocycles. The predicted molar refractivity (Wildman–Crippen MR) is 54.6 cm³/mol. The molecule has 3 nitrogen and oxygen atoms in total. The lowest BCUT2D eigenvalue weighted by Crippen LogP contribution is -2.01. The van der Waals surface area contributed by atoms with Crippen LogP contribution in [0.5, 0.6) is 5.75 Å². The van der Waals surface area contributed by atoms with E-state index < -0.39 is 5.82 Å². The molecule has 0 bridgehead atoms. The topological polar surface area (TPSA) is 52.3 Å². The summed E-state index contributed by atoms with van der Waals surface area (Å²) in [7, 11) is 1.37. The third kappa shape index (κ3) is 2.35. The lowest BCUT2D eigenvalue weighted by molar-refractivity contribution is 0.101. The number of benzene rings is 1. The van der Waals surface area contributed by atoms with Crippen molar-refractivity contribution in [2.45, 2.75) is 6.92 Å². The van der Waals surface area contributed by atoms with E-state index >= 15 is 0 Å². The van der Waals surface area contributed by atoms with Crippen molar-refractivity contribution in [3.05, 3.63) is 23.5 Å². The first-order chi connectivity index (χ1) is 6.06. The molecule has 1 aromatic rings. The zero-order valence-electron chi connectivity index (χ0n) is 7.83. The van der Waals surface area contributed by atoms with Crippen LogP contribution in [0.1, 0.15) is 17.3 Å². The largest absolute Gasteiger partial charge is 0.496 e. The molecule has 5 heteroatoms. The molecule has 0 amide bonds. The summed E-state index contributed by atoms with van der Waals surface area (Å²) in [6.07, 6.45) is 0. The van der Waals surface area contributed by atoms with E-state index in [-0.39, 0.29) is 29.6 Å². The molecule has 0 saturated heterocycles. The molecule has 0 unspecified atom stereocenters. The number of anilines is 1. The SMILES string of the molecule is COc1cc(F)c(N)cc1C(C)=O.Cl. The summed E-state index contributed by atoms with van der Waals surface area (Å²) in [4.78, 5) is 11.0. The average Bonchev–Trinajstić information content (AvgIpc) is 2.08. The fourth-order valence-electron chi connectivity index (χ4n) is 1.02. The minimum absolute atomic E-state index is 0. The summed E-state index contributed by atoms with van der Waals surface area (Å²) in [5.41, 5.74) is 5.54. The predicted octanol–water partition coefficient (Wildman–Crippen LogP) is 2.04. The number of carbonyl (C=O) groups excluding carboxylic acids is 1. The normalized spacial score (nSPS) is 9.07. The molecule has 0 spiro atoms. The number of rotatable bonds is 2. The summed E-state index contributed by atoms with van der Waals surface area (Å²) in [5.74, 6) is -0.579. The van der Waals surface area contributed by atoms with E-state index in [1.54, 1.807) is 0 Å². The Morgan fingerprint density at radius 1 is 1.50 bits per heavy atom. The van der Waals surface area contributed by atoms with E-state index in [1.807, 2.05) is 0 Å². The summed E-state index contributed by atoms with van der Waals surface area (Å²) in [6.45, 7) is 1.37. The van der Waals surface area contributed by atoms with Crippen LogP contribution >= 0.6 is 12.4 Å². The zero-order valence-corrected chi connectivity index (χ0v) is 8.65. The van der Waals surface area contributed by atoms with Crippen molar-refractivity contribution in [1.82, 2.24) is 0 Å². The van der Waals surface area contributed by atoms with Gasteiger partial charge in [0.05, 0.1) is 18.4 Å². The van der Waals surface area contributed by atoms with Crippen LogP contribution in [-0.2, 0) is 0 Å². The van der Waals surface area contributed by atoms with E-state index in [4.69, 9.17) is 10.5 Å². The molecule has 0 saturated carbocycles. The first kappa shape index (κ1) is 12.7. The maximum absolute atomic E-state index is 12.9. The number of nitrogen functional groups attached to an aromatic ring is 1. The molecule has 0 aliphatic heterocycles. The van der Waals surface area contributed by atoms with Crippen LogP contribution in [0.25, 0.3) is 0 Å². The fourth-order valence-corrected chi connectivity index (χ4v) is 1.02. The number of hydrogen-bond acceptors (Lipinski definition) is 3. The maximum Gasteiger partial charge on any atom is 0.163 e. The van der Waals surface area contributed by atoms with Crippen molar-refractivity contribution in [3.63, 3.8) is 0 Å². The Hall–Kier alpha value is -1.29. The molecule has 2 N–H and O–H groups in total. The third-order valence-electron chi connectivity index (χ3n) is 1.70. The van der Waals surface area contributed by atoms with Gasteiger partial charge in [0.1, 0.15) is 11.6 Å². The van der Waals surface area contributed by atoms with Crippen LogP contribution in [0.4, 0.5) is 10.1 Å². The second-order valence-corrected chi connectivity index (χ2v) is 2.63. The van der Waals surface area contributed by atoms with Crippen LogP contribution in [0.15, 0.2) is 12.1 Å². The highest BCUT2D eigenvalue weighted by molar-refractivity contribution is 5.97. The van der Waals surface area contributed by atoms with Crippen LogP contribution in [0.3, 0.4) is 0 Å². The zero-order chi connectivity index (χ0) is 10.0. The summed E-state index contributed by atoms with van der Waals surface area (Å²) in [6, 6.07) is 2.38. The number of methoxy groups -OCH3 is 1. The Bertz CT molecular complexity index is 355. The Morgan fingerprint density at radius 3 is 2.50 bits per heavy atom.